The lowest BCUT2D eigenvalue weighted by Crippen LogP contribution is -2.48. The van der Waals surface area contributed by atoms with Crippen molar-refractivity contribution >= 4 is 17.3 Å². The van der Waals surface area contributed by atoms with Gasteiger partial charge >= 0.3 is 5.69 Å². The summed E-state index contributed by atoms with van der Waals surface area (Å²) in [7, 11) is 0. The van der Waals surface area contributed by atoms with Crippen molar-refractivity contribution in [3.8, 4) is 0 Å². The van der Waals surface area contributed by atoms with Crippen LogP contribution in [0.4, 0.5) is 17.3 Å². The highest BCUT2D eigenvalue weighted by Crippen LogP contribution is 2.34. The van der Waals surface area contributed by atoms with Gasteiger partial charge in [-0.05, 0) is 25.0 Å². The first-order valence-corrected chi connectivity index (χ1v) is 10.9. The molecule has 8 heteroatoms. The van der Waals surface area contributed by atoms with Crippen molar-refractivity contribution in [1.82, 2.24) is 14.9 Å². The minimum atomic E-state index is -0.386. The Bertz CT molecular complexity index is 997. The molecule has 1 fully saturated rings. The fourth-order valence-electron chi connectivity index (χ4n) is 4.22. The van der Waals surface area contributed by atoms with Gasteiger partial charge in [-0.1, -0.05) is 60.7 Å². The summed E-state index contributed by atoms with van der Waals surface area (Å²) >= 11 is 0. The minimum absolute atomic E-state index is 0.0331. The largest absolute Gasteiger partial charge is 0.362 e. The first-order chi connectivity index (χ1) is 15.5. The molecule has 0 bridgehead atoms. The second-order valence-electron chi connectivity index (χ2n) is 8.20. The van der Waals surface area contributed by atoms with Crippen LogP contribution >= 0.6 is 0 Å². The highest BCUT2D eigenvalue weighted by Gasteiger charge is 2.32. The number of benzene rings is 2. The number of hydrogen-bond acceptors (Lipinski definition) is 7. The molecule has 0 saturated carbocycles. The van der Waals surface area contributed by atoms with Crippen molar-refractivity contribution < 1.29 is 4.92 Å². The van der Waals surface area contributed by atoms with Crippen LogP contribution in [0.15, 0.2) is 67.0 Å². The van der Waals surface area contributed by atoms with E-state index in [0.717, 1.165) is 13.1 Å². The number of nitro groups is 1. The fourth-order valence-corrected chi connectivity index (χ4v) is 4.22. The Hall–Kier alpha value is -3.52. The molecular formula is C24H28N6O2. The predicted molar refractivity (Wildman–Crippen MR) is 126 cm³/mol. The van der Waals surface area contributed by atoms with Crippen LogP contribution in [0.25, 0.3) is 0 Å². The van der Waals surface area contributed by atoms with Crippen LogP contribution in [0.2, 0.25) is 0 Å². The fraction of sp³-hybridized carbons (Fsp3) is 0.333. The number of hydrogen-bond donors (Lipinski definition) is 1. The lowest BCUT2D eigenvalue weighted by molar-refractivity contribution is -0.383. The van der Waals surface area contributed by atoms with Gasteiger partial charge in [-0.3, -0.25) is 15.0 Å². The summed E-state index contributed by atoms with van der Waals surface area (Å²) in [6.45, 7) is 6.69. The average Bonchev–Trinajstić information content (AvgIpc) is 2.80. The van der Waals surface area contributed by atoms with Crippen LogP contribution < -0.4 is 10.2 Å². The van der Waals surface area contributed by atoms with Gasteiger partial charge in [0.1, 0.15) is 6.33 Å². The average molecular weight is 433 g/mol. The van der Waals surface area contributed by atoms with Crippen LogP contribution in [0, 0.1) is 10.1 Å². The smallest absolute Gasteiger partial charge is 0.353 e. The van der Waals surface area contributed by atoms with Gasteiger partial charge in [0.2, 0.25) is 11.6 Å². The van der Waals surface area contributed by atoms with E-state index in [-0.39, 0.29) is 28.5 Å². The standard InChI is InChI=1S/C24H28N6O2/c1-18(2)27-23-22(30(31)32)24(26-17-25-23)29-15-13-28(14-16-29)21(19-9-5-3-6-10-19)20-11-7-4-8-12-20/h3-12,17-18,21H,13-16H2,1-2H3,(H,25,26,27). The van der Waals surface area contributed by atoms with Gasteiger partial charge < -0.3 is 10.2 Å². The van der Waals surface area contributed by atoms with E-state index >= 15 is 0 Å². The maximum absolute atomic E-state index is 11.9. The summed E-state index contributed by atoms with van der Waals surface area (Å²) in [6, 6.07) is 21.1. The monoisotopic (exact) mass is 432 g/mol. The minimum Gasteiger partial charge on any atom is -0.362 e. The van der Waals surface area contributed by atoms with E-state index in [2.05, 4.69) is 68.7 Å². The maximum Gasteiger partial charge on any atom is 0.353 e. The van der Waals surface area contributed by atoms with Crippen LogP contribution in [-0.2, 0) is 0 Å². The number of nitrogens with one attached hydrogen (secondary N) is 1. The van der Waals surface area contributed by atoms with Gasteiger partial charge in [-0.15, -0.1) is 0 Å². The molecule has 2 aromatic carbocycles. The first-order valence-electron chi connectivity index (χ1n) is 10.9. The molecule has 1 aliphatic heterocycles. The molecule has 0 radical (unpaired) electrons. The van der Waals surface area contributed by atoms with Crippen LogP contribution in [0.3, 0.4) is 0 Å². The molecule has 8 nitrogen and oxygen atoms in total. The van der Waals surface area contributed by atoms with E-state index < -0.39 is 0 Å². The number of aromatic nitrogens is 2. The summed E-state index contributed by atoms with van der Waals surface area (Å²) in [4.78, 5) is 24.3. The zero-order valence-corrected chi connectivity index (χ0v) is 18.4. The molecular weight excluding hydrogens is 404 g/mol. The topological polar surface area (TPSA) is 87.4 Å². The van der Waals surface area contributed by atoms with Gasteiger partial charge in [0.05, 0.1) is 11.0 Å². The second-order valence-corrected chi connectivity index (χ2v) is 8.20. The third-order valence-corrected chi connectivity index (χ3v) is 5.62. The molecule has 166 valence electrons. The highest BCUT2D eigenvalue weighted by atomic mass is 16.6. The van der Waals surface area contributed by atoms with E-state index in [0.29, 0.717) is 18.9 Å². The molecule has 32 heavy (non-hydrogen) atoms. The molecule has 4 rings (SSSR count). The van der Waals surface area contributed by atoms with Gasteiger partial charge in [-0.25, -0.2) is 9.97 Å². The van der Waals surface area contributed by atoms with Crippen molar-refractivity contribution in [2.45, 2.75) is 25.9 Å². The van der Waals surface area contributed by atoms with E-state index in [9.17, 15) is 10.1 Å². The second kappa shape index (κ2) is 9.74. The summed E-state index contributed by atoms with van der Waals surface area (Å²) in [5, 5.41) is 14.9. The molecule has 0 atom stereocenters. The quantitative estimate of drug-likeness (QED) is 0.444. The van der Waals surface area contributed by atoms with Crippen LogP contribution in [0.5, 0.6) is 0 Å². The van der Waals surface area contributed by atoms with Crippen molar-refractivity contribution in [2.75, 3.05) is 36.4 Å². The molecule has 0 unspecified atom stereocenters. The molecule has 2 heterocycles. The summed E-state index contributed by atoms with van der Waals surface area (Å²) < 4.78 is 0. The molecule has 1 aliphatic rings. The zero-order valence-electron chi connectivity index (χ0n) is 18.4. The van der Waals surface area contributed by atoms with Crippen molar-refractivity contribution in [3.63, 3.8) is 0 Å². The molecule has 1 saturated heterocycles. The van der Waals surface area contributed by atoms with E-state index in [1.807, 2.05) is 30.9 Å². The Kier molecular flexibility index (Phi) is 6.61. The van der Waals surface area contributed by atoms with Crippen LogP contribution in [0.1, 0.15) is 31.0 Å². The van der Waals surface area contributed by atoms with Crippen molar-refractivity contribution in [2.24, 2.45) is 0 Å². The molecule has 0 amide bonds. The van der Waals surface area contributed by atoms with Gasteiger partial charge in [0.15, 0.2) is 0 Å². The Morgan fingerprint density at radius 1 is 0.906 bits per heavy atom. The summed E-state index contributed by atoms with van der Waals surface area (Å²) in [6.07, 6.45) is 1.40. The normalized spacial score (nSPS) is 14.7. The number of anilines is 2. The highest BCUT2D eigenvalue weighted by molar-refractivity contribution is 5.70. The Labute approximate surface area is 188 Å². The first kappa shape index (κ1) is 21.7. The molecule has 1 aromatic heterocycles. The zero-order chi connectivity index (χ0) is 22.5. The molecule has 0 aliphatic carbocycles. The van der Waals surface area contributed by atoms with Crippen LogP contribution in [-0.4, -0.2) is 52.0 Å². The maximum atomic E-state index is 11.9. The van der Waals surface area contributed by atoms with Gasteiger partial charge in [-0.2, -0.15) is 0 Å². The Morgan fingerprint density at radius 2 is 1.47 bits per heavy atom. The van der Waals surface area contributed by atoms with Gasteiger partial charge in [0.25, 0.3) is 0 Å². The summed E-state index contributed by atoms with van der Waals surface area (Å²) in [5.74, 6) is 0.646. The third kappa shape index (κ3) is 4.70. The lowest BCUT2D eigenvalue weighted by Gasteiger charge is -2.40. The third-order valence-electron chi connectivity index (χ3n) is 5.62. The SMILES string of the molecule is CC(C)Nc1ncnc(N2CCN(C(c3ccccc3)c3ccccc3)CC2)c1[N+](=O)[O-]. The van der Waals surface area contributed by atoms with Gasteiger partial charge in [0, 0.05) is 32.2 Å². The summed E-state index contributed by atoms with van der Waals surface area (Å²) in [5.41, 5.74) is 2.42. The number of nitrogens with zero attached hydrogens (tertiary/aromatic N) is 5. The molecule has 3 aromatic rings. The van der Waals surface area contributed by atoms with Crippen molar-refractivity contribution in [1.29, 1.82) is 0 Å². The van der Waals surface area contributed by atoms with Crippen molar-refractivity contribution in [3.05, 3.63) is 88.2 Å². The van der Waals surface area contributed by atoms with E-state index in [4.69, 9.17) is 0 Å². The Morgan fingerprint density at radius 3 is 1.97 bits per heavy atom. The molecule has 1 N–H and O–H groups in total. The number of piperazine rings is 1. The van der Waals surface area contributed by atoms with E-state index in [1.54, 1.807) is 0 Å². The lowest BCUT2D eigenvalue weighted by atomic mass is 9.96. The van der Waals surface area contributed by atoms with E-state index in [1.165, 1.54) is 17.5 Å². The Balaban J connectivity index is 1.58. The molecule has 0 spiro atoms. The predicted octanol–water partition coefficient (Wildman–Crippen LogP) is 4.12. The number of rotatable bonds is 7.